The number of likely N-dealkylation sites (tertiary alicyclic amines) is 1. The second-order valence-corrected chi connectivity index (χ2v) is 10.6. The third-order valence-electron chi connectivity index (χ3n) is 5.55. The molecule has 0 radical (unpaired) electrons. The number of nitrogens with zero attached hydrogens (tertiary/aromatic N) is 4. The SMILES string of the molecule is Cn1nc(C(C)(C)C)c2c1N(CC(=O)N1CCCC1)C(=O)CSC2c1ccsc1. The molecule has 8 heteroatoms. The average Bonchev–Trinajstić information content (AvgIpc) is 3.39. The van der Waals surface area contributed by atoms with Gasteiger partial charge in [-0.15, -0.1) is 11.8 Å². The highest BCUT2D eigenvalue weighted by Crippen LogP contribution is 2.47. The second-order valence-electron chi connectivity index (χ2n) is 8.77. The number of amides is 2. The quantitative estimate of drug-likeness (QED) is 0.744. The Kier molecular flexibility index (Phi) is 5.50. The van der Waals surface area contributed by atoms with Crippen LogP contribution in [0.2, 0.25) is 0 Å². The van der Waals surface area contributed by atoms with Gasteiger partial charge in [-0.3, -0.25) is 19.2 Å². The third-order valence-corrected chi connectivity index (χ3v) is 7.51. The van der Waals surface area contributed by atoms with Crippen molar-refractivity contribution >= 4 is 40.7 Å². The van der Waals surface area contributed by atoms with E-state index in [1.807, 2.05) is 11.9 Å². The van der Waals surface area contributed by atoms with Crippen LogP contribution in [-0.4, -0.2) is 51.9 Å². The molecule has 0 N–H and O–H groups in total. The Morgan fingerprint density at radius 2 is 2.00 bits per heavy atom. The minimum atomic E-state index is -0.168. The molecule has 2 aromatic rings. The molecule has 29 heavy (non-hydrogen) atoms. The van der Waals surface area contributed by atoms with Gasteiger partial charge in [0.25, 0.3) is 0 Å². The Bertz CT molecular complexity index is 908. The number of carbonyl (C=O) groups excluding carboxylic acids is 2. The third kappa shape index (κ3) is 3.84. The van der Waals surface area contributed by atoms with E-state index in [0.29, 0.717) is 5.75 Å². The first kappa shape index (κ1) is 20.5. The van der Waals surface area contributed by atoms with Gasteiger partial charge in [-0.05, 0) is 35.2 Å². The first-order chi connectivity index (χ1) is 13.8. The lowest BCUT2D eigenvalue weighted by Crippen LogP contribution is -2.43. The summed E-state index contributed by atoms with van der Waals surface area (Å²) >= 11 is 3.30. The molecule has 2 aromatic heterocycles. The number of aromatic nitrogens is 2. The van der Waals surface area contributed by atoms with E-state index in [0.717, 1.165) is 43.0 Å². The largest absolute Gasteiger partial charge is 0.341 e. The lowest BCUT2D eigenvalue weighted by molar-refractivity contribution is -0.130. The van der Waals surface area contributed by atoms with E-state index in [-0.39, 0.29) is 29.0 Å². The Hall–Kier alpha value is -1.80. The normalized spacial score (nSPS) is 20.1. The van der Waals surface area contributed by atoms with Gasteiger partial charge in [-0.1, -0.05) is 20.8 Å². The average molecular weight is 433 g/mol. The summed E-state index contributed by atoms with van der Waals surface area (Å²) in [4.78, 5) is 29.6. The Morgan fingerprint density at radius 3 is 2.62 bits per heavy atom. The number of hydrogen-bond donors (Lipinski definition) is 0. The molecule has 1 atom stereocenters. The summed E-state index contributed by atoms with van der Waals surface area (Å²) in [6.45, 7) is 8.12. The van der Waals surface area contributed by atoms with Gasteiger partial charge in [0.1, 0.15) is 12.4 Å². The van der Waals surface area contributed by atoms with E-state index < -0.39 is 0 Å². The van der Waals surface area contributed by atoms with Crippen LogP contribution in [0.25, 0.3) is 0 Å². The van der Waals surface area contributed by atoms with Gasteiger partial charge < -0.3 is 4.90 Å². The Labute approximate surface area is 180 Å². The number of aryl methyl sites for hydroxylation is 1. The number of anilines is 1. The van der Waals surface area contributed by atoms with E-state index in [2.05, 4.69) is 37.6 Å². The number of fused-ring (bicyclic) bond motifs is 1. The lowest BCUT2D eigenvalue weighted by Gasteiger charge is -2.25. The van der Waals surface area contributed by atoms with Crippen LogP contribution in [0, 0.1) is 0 Å². The van der Waals surface area contributed by atoms with Crippen LogP contribution in [0.3, 0.4) is 0 Å². The van der Waals surface area contributed by atoms with Gasteiger partial charge in [-0.2, -0.15) is 16.4 Å². The summed E-state index contributed by atoms with van der Waals surface area (Å²) in [5.74, 6) is 1.13. The van der Waals surface area contributed by atoms with Crippen LogP contribution in [-0.2, 0) is 22.1 Å². The fourth-order valence-corrected chi connectivity index (χ4v) is 6.09. The van der Waals surface area contributed by atoms with E-state index in [1.54, 1.807) is 32.7 Å². The minimum Gasteiger partial charge on any atom is -0.341 e. The molecule has 4 heterocycles. The standard InChI is InChI=1S/C21H28N4O2S2/c1-21(2,3)19-17-18(14-7-10-28-12-14)29-13-16(27)25(20(17)23(4)22-19)11-15(26)24-8-5-6-9-24/h7,10,12,18H,5-6,8-9,11,13H2,1-4H3. The van der Waals surface area contributed by atoms with Crippen LogP contribution in [0.4, 0.5) is 5.82 Å². The van der Waals surface area contributed by atoms with E-state index in [9.17, 15) is 9.59 Å². The highest BCUT2D eigenvalue weighted by molar-refractivity contribution is 8.00. The van der Waals surface area contributed by atoms with Gasteiger partial charge in [0, 0.05) is 31.1 Å². The van der Waals surface area contributed by atoms with Gasteiger partial charge in [0.2, 0.25) is 11.8 Å². The van der Waals surface area contributed by atoms with Crippen LogP contribution < -0.4 is 4.90 Å². The first-order valence-corrected chi connectivity index (χ1v) is 12.1. The highest BCUT2D eigenvalue weighted by atomic mass is 32.2. The zero-order valence-electron chi connectivity index (χ0n) is 17.5. The second kappa shape index (κ2) is 7.80. The number of carbonyl (C=O) groups is 2. The predicted molar refractivity (Wildman–Crippen MR) is 119 cm³/mol. The Morgan fingerprint density at radius 1 is 1.28 bits per heavy atom. The molecular formula is C21H28N4O2S2. The zero-order valence-corrected chi connectivity index (χ0v) is 19.1. The fraction of sp³-hybridized carbons (Fsp3) is 0.571. The Balaban J connectivity index is 1.81. The van der Waals surface area contributed by atoms with E-state index >= 15 is 0 Å². The minimum absolute atomic E-state index is 0.0232. The maximum Gasteiger partial charge on any atom is 0.242 e. The van der Waals surface area contributed by atoms with Crippen molar-refractivity contribution in [2.24, 2.45) is 7.05 Å². The summed E-state index contributed by atoms with van der Waals surface area (Å²) in [7, 11) is 1.88. The fourth-order valence-electron chi connectivity index (χ4n) is 4.13. The number of rotatable bonds is 3. The molecule has 2 amide bonds. The van der Waals surface area contributed by atoms with Crippen molar-refractivity contribution in [3.05, 3.63) is 33.6 Å². The van der Waals surface area contributed by atoms with Crippen molar-refractivity contribution in [2.45, 2.75) is 44.3 Å². The monoisotopic (exact) mass is 432 g/mol. The van der Waals surface area contributed by atoms with Crippen molar-refractivity contribution in [1.29, 1.82) is 0 Å². The van der Waals surface area contributed by atoms with Gasteiger partial charge in [0.05, 0.1) is 16.7 Å². The van der Waals surface area contributed by atoms with Crippen LogP contribution in [0.5, 0.6) is 0 Å². The number of thioether (sulfide) groups is 1. The molecule has 0 spiro atoms. The summed E-state index contributed by atoms with van der Waals surface area (Å²) in [6.07, 6.45) is 2.09. The topological polar surface area (TPSA) is 58.4 Å². The van der Waals surface area contributed by atoms with E-state index in [1.165, 1.54) is 5.56 Å². The summed E-state index contributed by atoms with van der Waals surface area (Å²) < 4.78 is 1.80. The summed E-state index contributed by atoms with van der Waals surface area (Å²) in [5.41, 5.74) is 3.09. The molecule has 2 aliphatic heterocycles. The smallest absolute Gasteiger partial charge is 0.242 e. The number of thiophene rings is 1. The van der Waals surface area contributed by atoms with Crippen molar-refractivity contribution in [1.82, 2.24) is 14.7 Å². The summed E-state index contributed by atoms with van der Waals surface area (Å²) in [6, 6.07) is 2.13. The van der Waals surface area contributed by atoms with Crippen LogP contribution in [0.15, 0.2) is 16.8 Å². The van der Waals surface area contributed by atoms with Crippen molar-refractivity contribution in [3.8, 4) is 0 Å². The molecule has 1 unspecified atom stereocenters. The molecule has 4 rings (SSSR count). The van der Waals surface area contributed by atoms with Crippen molar-refractivity contribution in [2.75, 3.05) is 30.3 Å². The van der Waals surface area contributed by atoms with Crippen LogP contribution in [0.1, 0.15) is 55.7 Å². The maximum atomic E-state index is 13.1. The van der Waals surface area contributed by atoms with E-state index in [4.69, 9.17) is 5.10 Å². The molecule has 2 aliphatic rings. The van der Waals surface area contributed by atoms with Gasteiger partial charge >= 0.3 is 0 Å². The molecule has 0 aliphatic carbocycles. The van der Waals surface area contributed by atoms with Crippen LogP contribution >= 0.6 is 23.1 Å². The molecule has 0 aromatic carbocycles. The molecule has 156 valence electrons. The lowest BCUT2D eigenvalue weighted by atomic mass is 9.87. The molecule has 0 saturated carbocycles. The predicted octanol–water partition coefficient (Wildman–Crippen LogP) is 3.57. The van der Waals surface area contributed by atoms with Crippen molar-refractivity contribution < 1.29 is 9.59 Å². The molecule has 1 fully saturated rings. The van der Waals surface area contributed by atoms with Gasteiger partial charge in [0.15, 0.2) is 0 Å². The molecule has 1 saturated heterocycles. The molecule has 0 bridgehead atoms. The summed E-state index contributed by atoms with van der Waals surface area (Å²) in [5, 5.41) is 9.10. The molecule has 6 nitrogen and oxygen atoms in total. The number of hydrogen-bond acceptors (Lipinski definition) is 5. The highest BCUT2D eigenvalue weighted by Gasteiger charge is 2.39. The first-order valence-electron chi connectivity index (χ1n) is 10.1. The molecular weight excluding hydrogens is 404 g/mol. The zero-order chi connectivity index (χ0) is 20.8. The maximum absolute atomic E-state index is 13.1. The van der Waals surface area contributed by atoms with Gasteiger partial charge in [-0.25, -0.2) is 0 Å². The van der Waals surface area contributed by atoms with Crippen molar-refractivity contribution in [3.63, 3.8) is 0 Å².